The monoisotopic (exact) mass is 660 g/mol. The van der Waals surface area contributed by atoms with E-state index < -0.39 is 11.4 Å². The third kappa shape index (κ3) is 7.76. The van der Waals surface area contributed by atoms with Crippen molar-refractivity contribution in [3.05, 3.63) is 28.1 Å². The predicted molar refractivity (Wildman–Crippen MR) is 172 cm³/mol. The number of carbonyl (C=O) groups is 1. The number of nitriles is 1. The zero-order chi connectivity index (χ0) is 32.1. The van der Waals surface area contributed by atoms with Gasteiger partial charge in [-0.25, -0.2) is 14.2 Å². The van der Waals surface area contributed by atoms with Gasteiger partial charge in [-0.3, -0.25) is 9.58 Å². The first kappa shape index (κ1) is 34.5. The van der Waals surface area contributed by atoms with E-state index in [0.717, 1.165) is 48.7 Å². The van der Waals surface area contributed by atoms with Gasteiger partial charge in [-0.1, -0.05) is 13.8 Å². The topological polar surface area (TPSA) is 96.5 Å². The smallest absolute Gasteiger partial charge is 0.410 e. The molecule has 0 N–H and O–H groups in total. The lowest BCUT2D eigenvalue weighted by Crippen LogP contribution is -2.42. The minimum absolute atomic E-state index is 0.0510. The molecule has 0 radical (unpaired) electrons. The lowest BCUT2D eigenvalue weighted by molar-refractivity contribution is 0.0186. The number of piperidine rings is 1. The Hall–Kier alpha value is -2.97. The van der Waals surface area contributed by atoms with Crippen LogP contribution < -0.4 is 4.74 Å². The molecular formula is C32H46BrFN6O3. The number of halogens is 2. The fourth-order valence-corrected chi connectivity index (χ4v) is 6.05. The maximum absolute atomic E-state index is 15.6. The van der Waals surface area contributed by atoms with Gasteiger partial charge in [-0.2, -0.15) is 10.4 Å². The fraction of sp³-hybridized carbons (Fsp3) is 0.625. The van der Waals surface area contributed by atoms with Gasteiger partial charge in [0.15, 0.2) is 5.82 Å². The minimum Gasteiger partial charge on any atom is -0.472 e. The number of hydrogen-bond acceptors (Lipinski definition) is 7. The predicted octanol–water partition coefficient (Wildman–Crippen LogP) is 7.78. The SMILES string of the molecule is CC.CC#N.Cc1cc2c(nc(O[C@@H](C)C3CCCN3C)c3cnn(C4CCN(C(=O)OC(C)(C)C)CC4)c32)c(F)c1Br. The van der Waals surface area contributed by atoms with E-state index in [4.69, 9.17) is 24.8 Å². The Morgan fingerprint density at radius 1 is 1.19 bits per heavy atom. The van der Waals surface area contributed by atoms with Gasteiger partial charge >= 0.3 is 6.09 Å². The molecule has 1 aromatic carbocycles. The number of benzene rings is 1. The number of nitrogens with zero attached hydrogens (tertiary/aromatic N) is 6. The summed E-state index contributed by atoms with van der Waals surface area (Å²) in [5.74, 6) is 0.0114. The molecule has 0 spiro atoms. The van der Waals surface area contributed by atoms with Crippen LogP contribution in [0.5, 0.6) is 5.88 Å². The van der Waals surface area contributed by atoms with Crippen molar-refractivity contribution in [1.82, 2.24) is 24.6 Å². The first-order valence-corrected chi connectivity index (χ1v) is 16.0. The Bertz CT molecular complexity index is 1460. The summed E-state index contributed by atoms with van der Waals surface area (Å²) < 4.78 is 30.0. The van der Waals surface area contributed by atoms with Crippen molar-refractivity contribution in [2.45, 2.75) is 105 Å². The number of hydrogen-bond donors (Lipinski definition) is 0. The Labute approximate surface area is 263 Å². The van der Waals surface area contributed by atoms with Crippen molar-refractivity contribution in [2.24, 2.45) is 0 Å². The number of aryl methyl sites for hydroxylation is 1. The molecule has 3 aromatic rings. The molecule has 4 heterocycles. The summed E-state index contributed by atoms with van der Waals surface area (Å²) in [7, 11) is 2.11. The van der Waals surface area contributed by atoms with Gasteiger partial charge in [0.05, 0.1) is 33.7 Å². The van der Waals surface area contributed by atoms with E-state index in [0.29, 0.717) is 28.8 Å². The van der Waals surface area contributed by atoms with Crippen LogP contribution in [-0.2, 0) is 4.74 Å². The van der Waals surface area contributed by atoms with Gasteiger partial charge in [0.1, 0.15) is 17.2 Å². The van der Waals surface area contributed by atoms with Crippen molar-refractivity contribution >= 4 is 43.8 Å². The summed E-state index contributed by atoms with van der Waals surface area (Å²) in [6, 6.07) is 4.04. The van der Waals surface area contributed by atoms with E-state index >= 15 is 4.39 Å². The molecule has 11 heteroatoms. The van der Waals surface area contributed by atoms with E-state index in [2.05, 4.69) is 34.8 Å². The van der Waals surface area contributed by atoms with Gasteiger partial charge in [-0.15, -0.1) is 0 Å². The molecule has 1 unspecified atom stereocenters. The number of likely N-dealkylation sites (N-methyl/N-ethyl adjacent to an activating group) is 1. The second-order valence-electron chi connectivity index (χ2n) is 11.9. The average Bonchev–Trinajstić information content (AvgIpc) is 3.60. The highest BCUT2D eigenvalue weighted by Crippen LogP contribution is 2.39. The highest BCUT2D eigenvalue weighted by Gasteiger charge is 2.32. The van der Waals surface area contributed by atoms with Crippen LogP contribution in [0.3, 0.4) is 0 Å². The number of pyridine rings is 1. The molecule has 2 aliphatic heterocycles. The molecule has 1 amide bonds. The number of fused-ring (bicyclic) bond motifs is 3. The quantitative estimate of drug-likeness (QED) is 0.282. The van der Waals surface area contributed by atoms with Gasteiger partial charge in [0.25, 0.3) is 0 Å². The molecule has 9 nitrogen and oxygen atoms in total. The lowest BCUT2D eigenvalue weighted by atomic mass is 10.0. The third-order valence-corrected chi connectivity index (χ3v) is 8.71. The highest BCUT2D eigenvalue weighted by atomic mass is 79.9. The van der Waals surface area contributed by atoms with Crippen LogP contribution in [0.4, 0.5) is 9.18 Å². The second-order valence-corrected chi connectivity index (χ2v) is 12.7. The van der Waals surface area contributed by atoms with Crippen molar-refractivity contribution in [1.29, 1.82) is 5.26 Å². The Morgan fingerprint density at radius 3 is 2.37 bits per heavy atom. The lowest BCUT2D eigenvalue weighted by Gasteiger charge is -2.33. The van der Waals surface area contributed by atoms with Crippen LogP contribution in [0.25, 0.3) is 21.8 Å². The van der Waals surface area contributed by atoms with Gasteiger partial charge in [-0.05, 0) is 101 Å². The number of carbonyl (C=O) groups excluding carboxylic acids is 1. The Balaban J connectivity index is 0.000000953. The molecule has 5 rings (SSSR count). The van der Waals surface area contributed by atoms with Gasteiger partial charge < -0.3 is 14.4 Å². The van der Waals surface area contributed by atoms with Gasteiger partial charge in [0, 0.05) is 31.4 Å². The zero-order valence-corrected chi connectivity index (χ0v) is 28.6. The molecular weight excluding hydrogens is 615 g/mol. The first-order chi connectivity index (χ1) is 20.4. The molecule has 0 aliphatic carbocycles. The molecule has 0 bridgehead atoms. The molecule has 43 heavy (non-hydrogen) atoms. The maximum Gasteiger partial charge on any atom is 0.410 e. The largest absolute Gasteiger partial charge is 0.472 e. The van der Waals surface area contributed by atoms with E-state index in [-0.39, 0.29) is 29.8 Å². The van der Waals surface area contributed by atoms with Crippen LogP contribution in [0.2, 0.25) is 0 Å². The Kier molecular flexibility index (Phi) is 11.8. The van der Waals surface area contributed by atoms with E-state index in [1.807, 2.05) is 52.3 Å². The van der Waals surface area contributed by atoms with Crippen LogP contribution in [0.1, 0.15) is 85.8 Å². The van der Waals surface area contributed by atoms with Crippen molar-refractivity contribution < 1.29 is 18.7 Å². The zero-order valence-electron chi connectivity index (χ0n) is 27.0. The number of ether oxygens (including phenoxy) is 2. The standard InChI is InChI=1S/C28H37BrFN5O3.C2H3N.C2H6/c1-16-14-19-24(23(30)22(16)29)32-26(37-17(2)21-8-7-11-33(21)6)20-15-31-35(25(19)20)18-9-12-34(13-10-18)27(36)38-28(3,4)5;1-2-3;1-2/h14-15,17-18,21H,7-13H2,1-6H3;1H3;1-2H3/t17-,21?;;/m0../s1. The second kappa shape index (κ2) is 14.7. The summed E-state index contributed by atoms with van der Waals surface area (Å²) in [6.07, 6.45) is 5.03. The normalized spacial score (nSPS) is 18.4. The summed E-state index contributed by atoms with van der Waals surface area (Å²) in [5, 5.41) is 13.6. The van der Waals surface area contributed by atoms with Crippen LogP contribution in [0.15, 0.2) is 16.7 Å². The number of likely N-dealkylation sites (tertiary alicyclic amines) is 2. The molecule has 2 saturated heterocycles. The number of amides is 1. The summed E-state index contributed by atoms with van der Waals surface area (Å²) in [4.78, 5) is 21.4. The third-order valence-electron chi connectivity index (χ3n) is 7.74. The summed E-state index contributed by atoms with van der Waals surface area (Å²) >= 11 is 3.39. The first-order valence-electron chi connectivity index (χ1n) is 15.2. The molecule has 2 atom stereocenters. The van der Waals surface area contributed by atoms with Crippen LogP contribution in [0, 0.1) is 24.1 Å². The molecule has 2 aliphatic rings. The molecule has 2 fully saturated rings. The number of aromatic nitrogens is 3. The van der Waals surface area contributed by atoms with Crippen molar-refractivity contribution in [3.63, 3.8) is 0 Å². The van der Waals surface area contributed by atoms with Crippen molar-refractivity contribution in [3.8, 4) is 11.9 Å². The van der Waals surface area contributed by atoms with Gasteiger partial charge in [0.2, 0.25) is 5.88 Å². The van der Waals surface area contributed by atoms with E-state index in [1.54, 1.807) is 17.2 Å². The molecule has 236 valence electrons. The van der Waals surface area contributed by atoms with E-state index in [1.165, 1.54) is 6.92 Å². The maximum atomic E-state index is 15.6. The molecule has 2 aromatic heterocycles. The molecule has 0 saturated carbocycles. The van der Waals surface area contributed by atoms with Crippen LogP contribution in [-0.4, -0.2) is 75.1 Å². The minimum atomic E-state index is -0.533. The number of rotatable bonds is 4. The average molecular weight is 662 g/mol. The van der Waals surface area contributed by atoms with E-state index in [9.17, 15) is 4.79 Å². The Morgan fingerprint density at radius 2 is 1.81 bits per heavy atom. The van der Waals surface area contributed by atoms with Crippen LogP contribution >= 0.6 is 15.9 Å². The summed E-state index contributed by atoms with van der Waals surface area (Å²) in [6.45, 7) is 17.2. The fourth-order valence-electron chi connectivity index (χ4n) is 5.75. The highest BCUT2D eigenvalue weighted by molar-refractivity contribution is 9.10. The van der Waals surface area contributed by atoms with Crippen molar-refractivity contribution in [2.75, 3.05) is 26.7 Å². The summed E-state index contributed by atoms with van der Waals surface area (Å²) in [5.41, 5.74) is 1.35.